The van der Waals surface area contributed by atoms with Gasteiger partial charge in [0.1, 0.15) is 10.8 Å². The Morgan fingerprint density at radius 3 is 2.72 bits per heavy atom. The van der Waals surface area contributed by atoms with Gasteiger partial charge in [0.15, 0.2) is 4.80 Å². The van der Waals surface area contributed by atoms with Crippen LogP contribution in [0.5, 0.6) is 0 Å². The van der Waals surface area contributed by atoms with Crippen molar-refractivity contribution in [2.24, 2.45) is 10.9 Å². The van der Waals surface area contributed by atoms with E-state index in [4.69, 9.17) is 16.3 Å². The van der Waals surface area contributed by atoms with Gasteiger partial charge < -0.3 is 9.30 Å². The normalized spacial score (nSPS) is 18.2. The molecule has 170 valence electrons. The summed E-state index contributed by atoms with van der Waals surface area (Å²) in [6.07, 6.45) is 1.10. The number of hydrogen-bond donors (Lipinski definition) is 0. The smallest absolute Gasteiger partial charge is 0.325 e. The summed E-state index contributed by atoms with van der Waals surface area (Å²) in [4.78, 5) is 29.6. The quantitative estimate of drug-likeness (QED) is 0.488. The Balaban J connectivity index is 1.63. The van der Waals surface area contributed by atoms with Crippen molar-refractivity contribution in [3.05, 3.63) is 45.5 Å². The Morgan fingerprint density at radius 1 is 1.22 bits per heavy atom. The number of para-hydroxylation sites is 1. The first kappa shape index (κ1) is 23.1. The largest absolute Gasteiger partial charge is 0.468 e. The van der Waals surface area contributed by atoms with Crippen LogP contribution in [0.3, 0.4) is 0 Å². The van der Waals surface area contributed by atoms with Crippen LogP contribution in [0.1, 0.15) is 12.8 Å². The number of rotatable bonds is 5. The lowest BCUT2D eigenvalue weighted by Gasteiger charge is -2.29. The number of sulfonamides is 1. The summed E-state index contributed by atoms with van der Waals surface area (Å²) in [7, 11) is -2.42. The Bertz CT molecular complexity index is 1340. The van der Waals surface area contributed by atoms with E-state index in [2.05, 4.69) is 4.99 Å². The minimum absolute atomic E-state index is 0.0576. The molecule has 1 saturated heterocycles. The van der Waals surface area contributed by atoms with Crippen molar-refractivity contribution in [1.82, 2.24) is 8.87 Å². The summed E-state index contributed by atoms with van der Waals surface area (Å²) in [5.41, 5.74) is 0.775. The van der Waals surface area contributed by atoms with Gasteiger partial charge in [0.2, 0.25) is 0 Å². The number of thiazole rings is 1. The van der Waals surface area contributed by atoms with Crippen molar-refractivity contribution in [2.75, 3.05) is 20.2 Å². The molecule has 8 nitrogen and oxygen atoms in total. The second-order valence-corrected chi connectivity index (χ2v) is 12.1. The number of amides is 1. The summed E-state index contributed by atoms with van der Waals surface area (Å²) in [6, 6.07) is 10.5. The van der Waals surface area contributed by atoms with E-state index in [1.165, 1.54) is 28.8 Å². The Hall–Kier alpha value is -2.05. The summed E-state index contributed by atoms with van der Waals surface area (Å²) in [5, 5.41) is 0. The zero-order valence-corrected chi connectivity index (χ0v) is 20.3. The van der Waals surface area contributed by atoms with Gasteiger partial charge in [0.05, 0.1) is 27.6 Å². The predicted molar refractivity (Wildman–Crippen MR) is 123 cm³/mol. The van der Waals surface area contributed by atoms with E-state index in [-0.39, 0.29) is 17.3 Å². The van der Waals surface area contributed by atoms with Crippen molar-refractivity contribution in [2.45, 2.75) is 23.6 Å². The number of fused-ring (bicyclic) bond motifs is 1. The van der Waals surface area contributed by atoms with Gasteiger partial charge in [0, 0.05) is 13.1 Å². The van der Waals surface area contributed by atoms with Gasteiger partial charge in [-0.15, -0.1) is 11.3 Å². The second-order valence-electron chi connectivity index (χ2n) is 7.23. The molecule has 32 heavy (non-hydrogen) atoms. The maximum atomic E-state index is 13.0. The summed E-state index contributed by atoms with van der Waals surface area (Å²) in [6.45, 7) is 0.325. The number of halogens is 1. The number of thiophene rings is 1. The van der Waals surface area contributed by atoms with Gasteiger partial charge in [-0.1, -0.05) is 35.1 Å². The van der Waals surface area contributed by atoms with Gasteiger partial charge in [-0.25, -0.2) is 8.42 Å². The van der Waals surface area contributed by atoms with Crippen LogP contribution in [0.4, 0.5) is 0 Å². The van der Waals surface area contributed by atoms with Crippen LogP contribution in [-0.4, -0.2) is 49.4 Å². The number of nitrogens with zero attached hydrogens (tertiary/aromatic N) is 3. The van der Waals surface area contributed by atoms with Crippen LogP contribution in [0, 0.1) is 5.92 Å². The second kappa shape index (κ2) is 9.44. The highest BCUT2D eigenvalue weighted by molar-refractivity contribution is 7.91. The maximum absolute atomic E-state index is 13.0. The van der Waals surface area contributed by atoms with Gasteiger partial charge in [-0.3, -0.25) is 9.59 Å². The lowest BCUT2D eigenvalue weighted by atomic mass is 9.99. The predicted octanol–water partition coefficient (Wildman–Crippen LogP) is 3.12. The average Bonchev–Trinajstić information content (AvgIpc) is 3.38. The number of piperidine rings is 1. The Morgan fingerprint density at radius 2 is 2.00 bits per heavy atom. The van der Waals surface area contributed by atoms with Gasteiger partial charge in [-0.2, -0.15) is 9.30 Å². The van der Waals surface area contributed by atoms with Gasteiger partial charge >= 0.3 is 5.97 Å². The molecule has 3 heterocycles. The zero-order valence-electron chi connectivity index (χ0n) is 17.1. The number of methoxy groups -OCH3 is 1. The molecular formula is C20H20ClN3O5S3. The van der Waals surface area contributed by atoms with Crippen LogP contribution in [-0.2, 0) is 30.9 Å². The lowest BCUT2D eigenvalue weighted by molar-refractivity contribution is -0.141. The highest BCUT2D eigenvalue weighted by Crippen LogP contribution is 2.31. The topological polar surface area (TPSA) is 98.0 Å². The molecule has 1 amide bonds. The number of hydrogen-bond acceptors (Lipinski definition) is 7. The molecule has 2 aromatic heterocycles. The van der Waals surface area contributed by atoms with Crippen LogP contribution in [0.15, 0.2) is 45.6 Å². The van der Waals surface area contributed by atoms with E-state index in [1.54, 1.807) is 10.6 Å². The standard InChI is InChI=1S/C20H20ClN3O5S3/c1-29-17(25)12-24-14-6-2-3-7-15(14)30-20(24)22-19(26)13-5-4-10-23(11-13)32(27,28)18-9-8-16(21)31-18/h2-3,6-9,13H,4-5,10-12H2,1H3. The van der Waals surface area contributed by atoms with Crippen molar-refractivity contribution in [3.63, 3.8) is 0 Å². The molecular weight excluding hydrogens is 494 g/mol. The molecule has 1 atom stereocenters. The fourth-order valence-electron chi connectivity index (χ4n) is 3.56. The molecule has 0 bridgehead atoms. The van der Waals surface area contributed by atoms with Gasteiger partial charge in [0.25, 0.3) is 15.9 Å². The van der Waals surface area contributed by atoms with Crippen LogP contribution >= 0.6 is 34.3 Å². The summed E-state index contributed by atoms with van der Waals surface area (Å²) >= 11 is 8.19. The third kappa shape index (κ3) is 4.67. The first-order valence-electron chi connectivity index (χ1n) is 9.79. The van der Waals surface area contributed by atoms with E-state index in [0.29, 0.717) is 28.5 Å². The van der Waals surface area contributed by atoms with E-state index in [0.717, 1.165) is 21.6 Å². The van der Waals surface area contributed by atoms with Crippen LogP contribution in [0.2, 0.25) is 4.34 Å². The monoisotopic (exact) mass is 513 g/mol. The van der Waals surface area contributed by atoms with Gasteiger partial charge in [-0.05, 0) is 37.1 Å². The fraction of sp³-hybridized carbons (Fsp3) is 0.350. The molecule has 3 aromatic rings. The molecule has 4 rings (SSSR count). The molecule has 0 N–H and O–H groups in total. The molecule has 0 aliphatic carbocycles. The molecule has 0 spiro atoms. The highest BCUT2D eigenvalue weighted by Gasteiger charge is 2.34. The number of carbonyl (C=O) groups is 2. The fourth-order valence-corrected chi connectivity index (χ4v) is 7.76. The van der Waals surface area contributed by atoms with Crippen molar-refractivity contribution >= 4 is 66.4 Å². The first-order valence-corrected chi connectivity index (χ1v) is 13.2. The number of carbonyl (C=O) groups excluding carboxylic acids is 2. The third-order valence-electron chi connectivity index (χ3n) is 5.18. The molecule has 0 radical (unpaired) electrons. The van der Waals surface area contributed by atoms with E-state index in [9.17, 15) is 18.0 Å². The molecule has 1 aliphatic heterocycles. The van der Waals surface area contributed by atoms with E-state index in [1.807, 2.05) is 24.3 Å². The van der Waals surface area contributed by atoms with E-state index >= 15 is 0 Å². The van der Waals surface area contributed by atoms with E-state index < -0.39 is 27.8 Å². The maximum Gasteiger partial charge on any atom is 0.325 e. The third-order valence-corrected chi connectivity index (χ3v) is 9.81. The lowest BCUT2D eigenvalue weighted by Crippen LogP contribution is -2.42. The first-order chi connectivity index (χ1) is 15.3. The Labute approximate surface area is 197 Å². The summed E-state index contributed by atoms with van der Waals surface area (Å²) < 4.78 is 35.1. The minimum atomic E-state index is -3.72. The number of esters is 1. The molecule has 1 aromatic carbocycles. The summed E-state index contributed by atoms with van der Waals surface area (Å²) in [5.74, 6) is -1.42. The van der Waals surface area contributed by atoms with Crippen molar-refractivity contribution < 1.29 is 22.7 Å². The molecule has 0 saturated carbocycles. The molecule has 12 heteroatoms. The van der Waals surface area contributed by atoms with Crippen LogP contribution in [0.25, 0.3) is 10.2 Å². The average molecular weight is 514 g/mol. The number of benzene rings is 1. The molecule has 1 aliphatic rings. The van der Waals surface area contributed by atoms with Crippen molar-refractivity contribution in [1.29, 1.82) is 0 Å². The zero-order chi connectivity index (χ0) is 22.9. The van der Waals surface area contributed by atoms with Crippen LogP contribution < -0.4 is 4.80 Å². The number of aromatic nitrogens is 1. The minimum Gasteiger partial charge on any atom is -0.468 e. The molecule has 1 unspecified atom stereocenters. The Kier molecular flexibility index (Phi) is 6.82. The number of ether oxygens (including phenoxy) is 1. The molecule has 1 fully saturated rings. The highest BCUT2D eigenvalue weighted by atomic mass is 35.5. The van der Waals surface area contributed by atoms with Crippen molar-refractivity contribution in [3.8, 4) is 0 Å². The SMILES string of the molecule is COC(=O)Cn1c(=NC(=O)C2CCCN(S(=O)(=O)c3ccc(Cl)s3)C2)sc2ccccc21.